The van der Waals surface area contributed by atoms with Crippen molar-refractivity contribution in [2.45, 2.75) is 13.5 Å². The molecule has 2 rings (SSSR count). The SMILES string of the molecule is CCOCCN=C(N)c1c(NC)ccn1Cc1ccccn1. The van der Waals surface area contributed by atoms with Gasteiger partial charge in [0, 0.05) is 26.0 Å². The third-order valence-corrected chi connectivity index (χ3v) is 3.26. The highest BCUT2D eigenvalue weighted by molar-refractivity contribution is 6.01. The Morgan fingerprint density at radius 1 is 1.41 bits per heavy atom. The van der Waals surface area contributed by atoms with E-state index < -0.39 is 0 Å². The Morgan fingerprint density at radius 2 is 2.27 bits per heavy atom. The van der Waals surface area contributed by atoms with Crippen molar-refractivity contribution >= 4 is 11.5 Å². The predicted molar refractivity (Wildman–Crippen MR) is 89.4 cm³/mol. The first-order chi connectivity index (χ1) is 10.8. The lowest BCUT2D eigenvalue weighted by Crippen LogP contribution is -2.21. The van der Waals surface area contributed by atoms with Crippen molar-refractivity contribution in [1.82, 2.24) is 9.55 Å². The number of nitrogens with one attached hydrogen (secondary N) is 1. The summed E-state index contributed by atoms with van der Waals surface area (Å²) in [6.45, 7) is 4.43. The van der Waals surface area contributed by atoms with Crippen LogP contribution >= 0.6 is 0 Å². The summed E-state index contributed by atoms with van der Waals surface area (Å²) in [7, 11) is 1.87. The molecular weight excluding hydrogens is 278 g/mol. The number of ether oxygens (including phenoxy) is 1. The Bertz CT molecular complexity index is 606. The Hall–Kier alpha value is -2.34. The second kappa shape index (κ2) is 8.19. The lowest BCUT2D eigenvalue weighted by molar-refractivity contribution is 0.156. The summed E-state index contributed by atoms with van der Waals surface area (Å²) in [5.41, 5.74) is 8.97. The van der Waals surface area contributed by atoms with Gasteiger partial charge in [0.05, 0.1) is 31.1 Å². The van der Waals surface area contributed by atoms with Crippen LogP contribution in [-0.4, -0.2) is 42.2 Å². The number of pyridine rings is 1. The van der Waals surface area contributed by atoms with E-state index >= 15 is 0 Å². The van der Waals surface area contributed by atoms with E-state index in [1.807, 2.05) is 49.0 Å². The topological polar surface area (TPSA) is 77.5 Å². The van der Waals surface area contributed by atoms with Crippen molar-refractivity contribution in [3.63, 3.8) is 0 Å². The molecule has 0 amide bonds. The molecule has 0 spiro atoms. The van der Waals surface area contributed by atoms with Gasteiger partial charge in [-0.2, -0.15) is 0 Å². The normalized spacial score (nSPS) is 11.6. The van der Waals surface area contributed by atoms with Crippen LogP contribution in [0.3, 0.4) is 0 Å². The monoisotopic (exact) mass is 301 g/mol. The molecule has 0 fully saturated rings. The van der Waals surface area contributed by atoms with Gasteiger partial charge in [-0.05, 0) is 25.1 Å². The van der Waals surface area contributed by atoms with Gasteiger partial charge in [0.25, 0.3) is 0 Å². The number of anilines is 1. The summed E-state index contributed by atoms with van der Waals surface area (Å²) >= 11 is 0. The maximum Gasteiger partial charge on any atom is 0.144 e. The first-order valence-electron chi connectivity index (χ1n) is 7.41. The summed E-state index contributed by atoms with van der Waals surface area (Å²) < 4.78 is 7.34. The van der Waals surface area contributed by atoms with E-state index in [9.17, 15) is 0 Å². The van der Waals surface area contributed by atoms with Crippen LogP contribution < -0.4 is 11.1 Å². The van der Waals surface area contributed by atoms with Crippen LogP contribution in [0, 0.1) is 0 Å². The Morgan fingerprint density at radius 3 is 2.95 bits per heavy atom. The molecule has 22 heavy (non-hydrogen) atoms. The van der Waals surface area contributed by atoms with Gasteiger partial charge in [-0.25, -0.2) is 0 Å². The van der Waals surface area contributed by atoms with Crippen LogP contribution in [-0.2, 0) is 11.3 Å². The molecule has 0 aromatic carbocycles. The fourth-order valence-corrected chi connectivity index (χ4v) is 2.21. The Labute approximate surface area is 131 Å². The van der Waals surface area contributed by atoms with Crippen LogP contribution in [0.2, 0.25) is 0 Å². The minimum Gasteiger partial charge on any atom is -0.386 e. The van der Waals surface area contributed by atoms with E-state index in [1.165, 1.54) is 0 Å². The standard InChI is InChI=1S/C16H23N5O/c1-3-22-11-9-20-16(17)15-14(18-2)7-10-21(15)12-13-6-4-5-8-19-13/h4-8,10,18H,3,9,11-12H2,1-2H3,(H2,17,20). The van der Waals surface area contributed by atoms with Crippen LogP contribution in [0.5, 0.6) is 0 Å². The average molecular weight is 301 g/mol. The summed E-state index contributed by atoms with van der Waals surface area (Å²) in [6, 6.07) is 7.86. The van der Waals surface area contributed by atoms with Gasteiger partial charge in [-0.3, -0.25) is 9.98 Å². The van der Waals surface area contributed by atoms with Gasteiger partial charge in [-0.1, -0.05) is 6.07 Å². The quantitative estimate of drug-likeness (QED) is 0.442. The Balaban J connectivity index is 2.19. The number of hydrogen-bond donors (Lipinski definition) is 2. The van der Waals surface area contributed by atoms with Gasteiger partial charge in [0.1, 0.15) is 11.5 Å². The number of rotatable bonds is 8. The lowest BCUT2D eigenvalue weighted by atomic mass is 10.3. The van der Waals surface area contributed by atoms with E-state index in [2.05, 4.69) is 15.3 Å². The smallest absolute Gasteiger partial charge is 0.144 e. The van der Waals surface area contributed by atoms with Crippen LogP contribution in [0.25, 0.3) is 0 Å². The number of nitrogens with two attached hydrogens (primary N) is 1. The second-order valence-electron chi connectivity index (χ2n) is 4.74. The summed E-state index contributed by atoms with van der Waals surface area (Å²) in [5, 5.41) is 3.15. The first kappa shape index (κ1) is 16.0. The molecule has 118 valence electrons. The average Bonchev–Trinajstić information content (AvgIpc) is 2.95. The summed E-state index contributed by atoms with van der Waals surface area (Å²) in [6.07, 6.45) is 3.78. The molecule has 0 bridgehead atoms. The number of nitrogens with zero attached hydrogens (tertiary/aromatic N) is 3. The summed E-state index contributed by atoms with van der Waals surface area (Å²) in [4.78, 5) is 8.76. The number of amidine groups is 1. The number of hydrogen-bond acceptors (Lipinski definition) is 4. The van der Waals surface area contributed by atoms with Crippen molar-refractivity contribution in [3.05, 3.63) is 48.0 Å². The highest BCUT2D eigenvalue weighted by Gasteiger charge is 2.12. The molecule has 0 unspecified atom stereocenters. The van der Waals surface area contributed by atoms with Crippen molar-refractivity contribution in [1.29, 1.82) is 0 Å². The molecule has 0 aliphatic rings. The van der Waals surface area contributed by atoms with Crippen molar-refractivity contribution < 1.29 is 4.74 Å². The lowest BCUT2D eigenvalue weighted by Gasteiger charge is -2.11. The molecule has 0 saturated carbocycles. The third-order valence-electron chi connectivity index (χ3n) is 3.26. The highest BCUT2D eigenvalue weighted by Crippen LogP contribution is 2.17. The maximum absolute atomic E-state index is 6.17. The molecule has 2 heterocycles. The van der Waals surface area contributed by atoms with E-state index in [0.29, 0.717) is 32.1 Å². The first-order valence-corrected chi connectivity index (χ1v) is 7.41. The number of aromatic nitrogens is 2. The largest absolute Gasteiger partial charge is 0.386 e. The van der Waals surface area contributed by atoms with Crippen molar-refractivity contribution in [2.75, 3.05) is 32.1 Å². The van der Waals surface area contributed by atoms with Crippen molar-refractivity contribution in [2.24, 2.45) is 10.7 Å². The van der Waals surface area contributed by atoms with Gasteiger partial charge in [0.15, 0.2) is 0 Å². The minimum atomic E-state index is 0.505. The zero-order chi connectivity index (χ0) is 15.8. The zero-order valence-corrected chi connectivity index (χ0v) is 13.1. The number of aliphatic imine (C=N–C) groups is 1. The molecular formula is C16H23N5O. The van der Waals surface area contributed by atoms with Gasteiger partial charge < -0.3 is 20.4 Å². The maximum atomic E-state index is 6.17. The third kappa shape index (κ3) is 4.08. The van der Waals surface area contributed by atoms with Gasteiger partial charge >= 0.3 is 0 Å². The molecule has 6 nitrogen and oxygen atoms in total. The second-order valence-corrected chi connectivity index (χ2v) is 4.74. The van der Waals surface area contributed by atoms with Crippen molar-refractivity contribution in [3.8, 4) is 0 Å². The minimum absolute atomic E-state index is 0.505. The van der Waals surface area contributed by atoms with E-state index in [4.69, 9.17) is 10.5 Å². The van der Waals surface area contributed by atoms with Gasteiger partial charge in [-0.15, -0.1) is 0 Å². The van der Waals surface area contributed by atoms with Gasteiger partial charge in [0.2, 0.25) is 0 Å². The predicted octanol–water partition coefficient (Wildman–Crippen LogP) is 1.71. The molecule has 6 heteroatoms. The van der Waals surface area contributed by atoms with E-state index in [0.717, 1.165) is 17.1 Å². The molecule has 0 saturated heterocycles. The molecule has 0 radical (unpaired) electrons. The molecule has 3 N–H and O–H groups in total. The van der Waals surface area contributed by atoms with E-state index in [-0.39, 0.29) is 0 Å². The zero-order valence-electron chi connectivity index (χ0n) is 13.1. The Kier molecular flexibility index (Phi) is 5.97. The van der Waals surface area contributed by atoms with Crippen LogP contribution in [0.1, 0.15) is 18.3 Å². The molecule has 2 aromatic rings. The van der Waals surface area contributed by atoms with Crippen LogP contribution in [0.15, 0.2) is 41.7 Å². The summed E-state index contributed by atoms with van der Waals surface area (Å²) in [5.74, 6) is 0.505. The molecule has 0 aliphatic carbocycles. The molecule has 2 aromatic heterocycles. The van der Waals surface area contributed by atoms with E-state index in [1.54, 1.807) is 6.20 Å². The molecule has 0 aliphatic heterocycles. The molecule has 0 atom stereocenters. The highest BCUT2D eigenvalue weighted by atomic mass is 16.5. The fraction of sp³-hybridized carbons (Fsp3) is 0.375. The fourth-order valence-electron chi connectivity index (χ4n) is 2.21. The van der Waals surface area contributed by atoms with Crippen LogP contribution in [0.4, 0.5) is 5.69 Å².